The Balaban J connectivity index is 1.83. The summed E-state index contributed by atoms with van der Waals surface area (Å²) in [6.45, 7) is 3.23. The Labute approximate surface area is 107 Å². The van der Waals surface area contributed by atoms with Gasteiger partial charge in [0.1, 0.15) is 12.7 Å². The average Bonchev–Trinajstić information content (AvgIpc) is 2.97. The van der Waals surface area contributed by atoms with E-state index in [9.17, 15) is 4.79 Å². The third kappa shape index (κ3) is 3.07. The highest BCUT2D eigenvalue weighted by Crippen LogP contribution is 2.30. The number of hydrogen-bond acceptors (Lipinski definition) is 4. The van der Waals surface area contributed by atoms with Gasteiger partial charge < -0.3 is 11.1 Å². The van der Waals surface area contributed by atoms with Crippen molar-refractivity contribution in [3.8, 4) is 0 Å². The third-order valence-electron chi connectivity index (χ3n) is 3.61. The fourth-order valence-corrected chi connectivity index (χ4v) is 2.67. The standard InChI is InChI=1S/C12H21N5O/c1-9(6-17-8-14-7-15-17)16-12(18)11-4-2-3-10(11)5-13/h7-11H,2-6,13H2,1H3,(H,16,18)/t9?,10-,11-/m1/s1. The second-order valence-corrected chi connectivity index (χ2v) is 5.06. The first-order valence-electron chi connectivity index (χ1n) is 6.53. The zero-order valence-corrected chi connectivity index (χ0v) is 10.7. The Hall–Kier alpha value is -1.43. The molecule has 1 aromatic rings. The second kappa shape index (κ2) is 5.95. The highest BCUT2D eigenvalue weighted by Gasteiger charge is 2.32. The van der Waals surface area contributed by atoms with Gasteiger partial charge in [-0.2, -0.15) is 5.10 Å². The zero-order valence-electron chi connectivity index (χ0n) is 10.7. The number of nitrogens with two attached hydrogens (primary N) is 1. The van der Waals surface area contributed by atoms with Gasteiger partial charge in [-0.05, 0) is 32.2 Å². The first-order chi connectivity index (χ1) is 8.70. The molecule has 2 rings (SSSR count). The summed E-state index contributed by atoms with van der Waals surface area (Å²) in [6.07, 6.45) is 6.30. The van der Waals surface area contributed by atoms with Crippen molar-refractivity contribution in [2.75, 3.05) is 6.54 Å². The molecule has 1 saturated carbocycles. The van der Waals surface area contributed by atoms with E-state index >= 15 is 0 Å². The maximum Gasteiger partial charge on any atom is 0.223 e. The maximum absolute atomic E-state index is 12.1. The van der Waals surface area contributed by atoms with Crippen molar-refractivity contribution in [3.63, 3.8) is 0 Å². The SMILES string of the molecule is CC(Cn1cncn1)NC(=O)[C@@H]1CCC[C@@H]1CN. The lowest BCUT2D eigenvalue weighted by atomic mass is 9.95. The highest BCUT2D eigenvalue weighted by molar-refractivity contribution is 5.79. The topological polar surface area (TPSA) is 85.8 Å². The Morgan fingerprint density at radius 1 is 1.61 bits per heavy atom. The van der Waals surface area contributed by atoms with Gasteiger partial charge in [0.15, 0.2) is 0 Å². The maximum atomic E-state index is 12.1. The van der Waals surface area contributed by atoms with Gasteiger partial charge in [-0.3, -0.25) is 9.48 Å². The summed E-state index contributed by atoms with van der Waals surface area (Å²) in [5, 5.41) is 7.07. The van der Waals surface area contributed by atoms with E-state index in [2.05, 4.69) is 15.4 Å². The fraction of sp³-hybridized carbons (Fsp3) is 0.750. The predicted octanol–water partition coefficient (Wildman–Crippen LogP) is 0.158. The number of nitrogens with one attached hydrogen (secondary N) is 1. The lowest BCUT2D eigenvalue weighted by Crippen LogP contribution is -2.41. The van der Waals surface area contributed by atoms with Crippen LogP contribution in [-0.2, 0) is 11.3 Å². The van der Waals surface area contributed by atoms with Crippen molar-refractivity contribution in [1.82, 2.24) is 20.1 Å². The van der Waals surface area contributed by atoms with E-state index < -0.39 is 0 Å². The Morgan fingerprint density at radius 2 is 2.44 bits per heavy atom. The number of carbonyl (C=O) groups is 1. The molecule has 1 heterocycles. The number of hydrogen-bond donors (Lipinski definition) is 2. The zero-order chi connectivity index (χ0) is 13.0. The minimum absolute atomic E-state index is 0.0539. The number of rotatable bonds is 5. The molecule has 0 radical (unpaired) electrons. The van der Waals surface area contributed by atoms with Crippen LogP contribution < -0.4 is 11.1 Å². The van der Waals surface area contributed by atoms with E-state index in [1.165, 1.54) is 6.33 Å². The normalized spacial score (nSPS) is 25.0. The molecule has 100 valence electrons. The summed E-state index contributed by atoms with van der Waals surface area (Å²) in [7, 11) is 0. The van der Waals surface area contributed by atoms with Crippen molar-refractivity contribution in [1.29, 1.82) is 0 Å². The third-order valence-corrected chi connectivity index (χ3v) is 3.61. The quantitative estimate of drug-likeness (QED) is 0.780. The Bertz CT molecular complexity index is 378. The van der Waals surface area contributed by atoms with Crippen LogP contribution in [0.2, 0.25) is 0 Å². The van der Waals surface area contributed by atoms with Crippen LogP contribution in [0.15, 0.2) is 12.7 Å². The molecule has 0 saturated heterocycles. The Kier molecular flexibility index (Phi) is 4.30. The molecular weight excluding hydrogens is 230 g/mol. The lowest BCUT2D eigenvalue weighted by molar-refractivity contribution is -0.126. The van der Waals surface area contributed by atoms with Gasteiger partial charge >= 0.3 is 0 Å². The predicted molar refractivity (Wildman–Crippen MR) is 67.5 cm³/mol. The molecule has 0 aliphatic heterocycles. The van der Waals surface area contributed by atoms with Gasteiger partial charge in [-0.25, -0.2) is 4.98 Å². The molecule has 6 heteroatoms. The summed E-state index contributed by atoms with van der Waals surface area (Å²) < 4.78 is 1.72. The van der Waals surface area contributed by atoms with Gasteiger partial charge in [-0.1, -0.05) is 6.42 Å². The molecule has 3 atom stereocenters. The van der Waals surface area contributed by atoms with Crippen LogP contribution in [0.3, 0.4) is 0 Å². The molecule has 1 aliphatic carbocycles. The molecule has 1 fully saturated rings. The molecule has 0 spiro atoms. The van der Waals surface area contributed by atoms with E-state index in [1.807, 2.05) is 6.92 Å². The fourth-order valence-electron chi connectivity index (χ4n) is 2.67. The molecule has 1 unspecified atom stereocenters. The number of aromatic nitrogens is 3. The number of nitrogens with zero attached hydrogens (tertiary/aromatic N) is 3. The smallest absolute Gasteiger partial charge is 0.223 e. The van der Waals surface area contributed by atoms with Crippen LogP contribution in [0.5, 0.6) is 0 Å². The minimum Gasteiger partial charge on any atom is -0.352 e. The van der Waals surface area contributed by atoms with Crippen LogP contribution >= 0.6 is 0 Å². The summed E-state index contributed by atoms with van der Waals surface area (Å²) in [5.41, 5.74) is 5.70. The molecule has 3 N–H and O–H groups in total. The van der Waals surface area contributed by atoms with Crippen LogP contribution in [0, 0.1) is 11.8 Å². The monoisotopic (exact) mass is 251 g/mol. The molecule has 0 bridgehead atoms. The molecular formula is C12H21N5O. The molecule has 1 amide bonds. The van der Waals surface area contributed by atoms with Gasteiger partial charge in [0, 0.05) is 12.0 Å². The van der Waals surface area contributed by atoms with Crippen molar-refractivity contribution < 1.29 is 4.79 Å². The van der Waals surface area contributed by atoms with E-state index in [0.29, 0.717) is 19.0 Å². The van der Waals surface area contributed by atoms with Crippen molar-refractivity contribution in [2.24, 2.45) is 17.6 Å². The summed E-state index contributed by atoms with van der Waals surface area (Å²) in [4.78, 5) is 16.0. The van der Waals surface area contributed by atoms with Crippen LogP contribution in [0.4, 0.5) is 0 Å². The molecule has 6 nitrogen and oxygen atoms in total. The first-order valence-corrected chi connectivity index (χ1v) is 6.53. The van der Waals surface area contributed by atoms with Crippen LogP contribution in [0.25, 0.3) is 0 Å². The Morgan fingerprint density at radius 3 is 3.11 bits per heavy atom. The highest BCUT2D eigenvalue weighted by atomic mass is 16.2. The van der Waals surface area contributed by atoms with E-state index in [1.54, 1.807) is 11.0 Å². The molecule has 0 aromatic carbocycles. The number of amides is 1. The van der Waals surface area contributed by atoms with Gasteiger partial charge in [0.25, 0.3) is 0 Å². The van der Waals surface area contributed by atoms with Crippen LogP contribution in [-0.4, -0.2) is 33.3 Å². The lowest BCUT2D eigenvalue weighted by Gasteiger charge is -2.20. The molecule has 1 aromatic heterocycles. The summed E-state index contributed by atoms with van der Waals surface area (Å²) >= 11 is 0. The average molecular weight is 251 g/mol. The largest absolute Gasteiger partial charge is 0.352 e. The van der Waals surface area contributed by atoms with Crippen molar-refractivity contribution in [2.45, 2.75) is 38.8 Å². The summed E-state index contributed by atoms with van der Waals surface area (Å²) in [6, 6.07) is 0.0539. The first kappa shape index (κ1) is 13.0. The van der Waals surface area contributed by atoms with Gasteiger partial charge in [0.05, 0.1) is 6.54 Å². The van der Waals surface area contributed by atoms with Gasteiger partial charge in [0.2, 0.25) is 5.91 Å². The van der Waals surface area contributed by atoms with Crippen molar-refractivity contribution in [3.05, 3.63) is 12.7 Å². The van der Waals surface area contributed by atoms with E-state index in [-0.39, 0.29) is 17.9 Å². The van der Waals surface area contributed by atoms with Crippen LogP contribution in [0.1, 0.15) is 26.2 Å². The minimum atomic E-state index is 0.0539. The van der Waals surface area contributed by atoms with E-state index in [0.717, 1.165) is 19.3 Å². The molecule has 18 heavy (non-hydrogen) atoms. The second-order valence-electron chi connectivity index (χ2n) is 5.06. The molecule has 1 aliphatic rings. The summed E-state index contributed by atoms with van der Waals surface area (Å²) in [5.74, 6) is 0.576. The van der Waals surface area contributed by atoms with Gasteiger partial charge in [-0.15, -0.1) is 0 Å². The number of carbonyl (C=O) groups excluding carboxylic acids is 1. The van der Waals surface area contributed by atoms with Crippen molar-refractivity contribution >= 4 is 5.91 Å². The van der Waals surface area contributed by atoms with E-state index in [4.69, 9.17) is 5.73 Å².